The summed E-state index contributed by atoms with van der Waals surface area (Å²) in [7, 11) is -0.521. The molecule has 1 unspecified atom stereocenters. The standard InChI is InChI=1S/C13H24N4O2S2/c1-4-10-6-5-8-17(9-7-10)13-11(12(14)15-20-13)21(18,19)16(2)3/h10H,4-9H2,1-3H3,(H2,14,15). The molecule has 1 fully saturated rings. The summed E-state index contributed by atoms with van der Waals surface area (Å²) in [6.07, 6.45) is 4.56. The van der Waals surface area contributed by atoms with Crippen molar-refractivity contribution >= 4 is 32.4 Å². The number of nitrogens with zero attached hydrogens (tertiary/aromatic N) is 3. The Morgan fingerprint density at radius 3 is 2.71 bits per heavy atom. The van der Waals surface area contributed by atoms with Crippen molar-refractivity contribution in [2.75, 3.05) is 37.8 Å². The maximum absolute atomic E-state index is 12.5. The van der Waals surface area contributed by atoms with Gasteiger partial charge < -0.3 is 10.6 Å². The normalized spacial score (nSPS) is 20.8. The van der Waals surface area contributed by atoms with Gasteiger partial charge in [0.1, 0.15) is 5.00 Å². The second-order valence-corrected chi connectivity index (χ2v) is 8.52. The lowest BCUT2D eigenvalue weighted by molar-refractivity contribution is 0.459. The lowest BCUT2D eigenvalue weighted by atomic mass is 9.98. The molecular weight excluding hydrogens is 308 g/mol. The van der Waals surface area contributed by atoms with Gasteiger partial charge in [0.15, 0.2) is 10.7 Å². The molecule has 0 radical (unpaired) electrons. The Morgan fingerprint density at radius 2 is 2.10 bits per heavy atom. The van der Waals surface area contributed by atoms with Gasteiger partial charge in [0, 0.05) is 27.2 Å². The molecule has 0 spiro atoms. The van der Waals surface area contributed by atoms with E-state index < -0.39 is 10.0 Å². The van der Waals surface area contributed by atoms with Crippen molar-refractivity contribution in [3.63, 3.8) is 0 Å². The Labute approximate surface area is 131 Å². The summed E-state index contributed by atoms with van der Waals surface area (Å²) in [5.41, 5.74) is 5.83. The lowest BCUT2D eigenvalue weighted by Gasteiger charge is -2.23. The van der Waals surface area contributed by atoms with Crippen LogP contribution < -0.4 is 10.6 Å². The van der Waals surface area contributed by atoms with Gasteiger partial charge in [-0.3, -0.25) is 0 Å². The van der Waals surface area contributed by atoms with Gasteiger partial charge in [-0.2, -0.15) is 4.37 Å². The first-order chi connectivity index (χ1) is 9.87. The highest BCUT2D eigenvalue weighted by atomic mass is 32.2. The minimum absolute atomic E-state index is 0.111. The number of anilines is 2. The molecule has 2 N–H and O–H groups in total. The van der Waals surface area contributed by atoms with Gasteiger partial charge in [-0.1, -0.05) is 13.3 Å². The Bertz CT molecular complexity index is 583. The summed E-state index contributed by atoms with van der Waals surface area (Å²) in [6.45, 7) is 3.96. The van der Waals surface area contributed by atoms with Crippen molar-refractivity contribution < 1.29 is 8.42 Å². The van der Waals surface area contributed by atoms with Crippen molar-refractivity contribution in [2.45, 2.75) is 37.5 Å². The number of hydrogen-bond acceptors (Lipinski definition) is 6. The van der Waals surface area contributed by atoms with Crippen LogP contribution in [0.2, 0.25) is 0 Å². The Hall–Kier alpha value is -0.860. The molecule has 0 aromatic carbocycles. The van der Waals surface area contributed by atoms with Gasteiger partial charge in [-0.05, 0) is 36.7 Å². The van der Waals surface area contributed by atoms with Crippen LogP contribution in [0.25, 0.3) is 0 Å². The highest BCUT2D eigenvalue weighted by Gasteiger charge is 2.31. The molecule has 21 heavy (non-hydrogen) atoms. The predicted molar refractivity (Wildman–Crippen MR) is 87.2 cm³/mol. The van der Waals surface area contributed by atoms with Crippen LogP contribution in [0.5, 0.6) is 0 Å². The zero-order chi connectivity index (χ0) is 15.6. The Morgan fingerprint density at radius 1 is 1.38 bits per heavy atom. The molecule has 2 heterocycles. The van der Waals surface area contributed by atoms with Crippen LogP contribution in [0.15, 0.2) is 4.90 Å². The molecule has 6 nitrogen and oxygen atoms in total. The molecule has 0 saturated carbocycles. The third kappa shape index (κ3) is 3.32. The summed E-state index contributed by atoms with van der Waals surface area (Å²) in [4.78, 5) is 2.31. The van der Waals surface area contributed by atoms with Crippen molar-refractivity contribution in [3.8, 4) is 0 Å². The SMILES string of the molecule is CCC1CCCN(c2snc(N)c2S(=O)(=O)N(C)C)CC1. The highest BCUT2D eigenvalue weighted by molar-refractivity contribution is 7.89. The van der Waals surface area contributed by atoms with E-state index in [2.05, 4.69) is 16.2 Å². The van der Waals surface area contributed by atoms with E-state index >= 15 is 0 Å². The van der Waals surface area contributed by atoms with Crippen LogP contribution in [0.3, 0.4) is 0 Å². The summed E-state index contributed by atoms with van der Waals surface area (Å²) in [5.74, 6) is 0.842. The van der Waals surface area contributed by atoms with E-state index in [0.717, 1.165) is 31.8 Å². The van der Waals surface area contributed by atoms with E-state index in [0.29, 0.717) is 5.00 Å². The minimum atomic E-state index is -3.56. The highest BCUT2D eigenvalue weighted by Crippen LogP contribution is 2.37. The molecule has 1 aliphatic rings. The molecule has 8 heteroatoms. The predicted octanol–water partition coefficient (Wildman–Crippen LogP) is 1.99. The number of nitrogens with two attached hydrogens (primary N) is 1. The van der Waals surface area contributed by atoms with Crippen molar-refractivity contribution in [1.29, 1.82) is 0 Å². The molecule has 1 aromatic heterocycles. The number of hydrogen-bond donors (Lipinski definition) is 1. The molecule has 0 aliphatic carbocycles. The van der Waals surface area contributed by atoms with Crippen LogP contribution in [-0.2, 0) is 10.0 Å². The average Bonchev–Trinajstić information content (AvgIpc) is 2.68. The summed E-state index contributed by atoms with van der Waals surface area (Å²) >= 11 is 1.19. The molecule has 2 rings (SSSR count). The van der Waals surface area contributed by atoms with E-state index in [1.807, 2.05) is 0 Å². The largest absolute Gasteiger partial charge is 0.382 e. The first-order valence-corrected chi connectivity index (χ1v) is 9.51. The molecule has 0 amide bonds. The molecule has 1 aliphatic heterocycles. The van der Waals surface area contributed by atoms with Crippen LogP contribution in [0, 0.1) is 5.92 Å². The van der Waals surface area contributed by atoms with E-state index in [9.17, 15) is 8.42 Å². The van der Waals surface area contributed by atoms with E-state index in [1.165, 1.54) is 42.8 Å². The Kier molecular flexibility index (Phi) is 5.11. The number of aromatic nitrogens is 1. The van der Waals surface area contributed by atoms with Gasteiger partial charge in [-0.25, -0.2) is 12.7 Å². The fraction of sp³-hybridized carbons (Fsp3) is 0.769. The van der Waals surface area contributed by atoms with Crippen molar-refractivity contribution in [1.82, 2.24) is 8.68 Å². The van der Waals surface area contributed by atoms with E-state index in [1.54, 1.807) is 0 Å². The van der Waals surface area contributed by atoms with Crippen LogP contribution in [0.4, 0.5) is 10.8 Å². The maximum atomic E-state index is 12.5. The van der Waals surface area contributed by atoms with Crippen LogP contribution >= 0.6 is 11.5 Å². The van der Waals surface area contributed by atoms with E-state index in [-0.39, 0.29) is 10.7 Å². The van der Waals surface area contributed by atoms with Crippen LogP contribution in [-0.4, -0.2) is 44.3 Å². The van der Waals surface area contributed by atoms with Gasteiger partial charge in [0.25, 0.3) is 0 Å². The van der Waals surface area contributed by atoms with Gasteiger partial charge in [0.2, 0.25) is 10.0 Å². The fourth-order valence-corrected chi connectivity index (χ4v) is 4.96. The minimum Gasteiger partial charge on any atom is -0.382 e. The molecule has 120 valence electrons. The third-order valence-electron chi connectivity index (χ3n) is 4.11. The van der Waals surface area contributed by atoms with Crippen molar-refractivity contribution in [3.05, 3.63) is 0 Å². The summed E-state index contributed by atoms with van der Waals surface area (Å²) in [5, 5.41) is 0.693. The van der Waals surface area contributed by atoms with Crippen LogP contribution in [0.1, 0.15) is 32.6 Å². The second kappa shape index (κ2) is 6.50. The summed E-state index contributed by atoms with van der Waals surface area (Å²) in [6, 6.07) is 0. The third-order valence-corrected chi connectivity index (χ3v) is 7.04. The number of nitrogen functional groups attached to an aromatic ring is 1. The Balaban J connectivity index is 2.33. The first-order valence-electron chi connectivity index (χ1n) is 7.30. The molecule has 1 atom stereocenters. The summed E-state index contributed by atoms with van der Waals surface area (Å²) < 4.78 is 30.2. The number of sulfonamides is 1. The molecule has 0 bridgehead atoms. The average molecular weight is 332 g/mol. The topological polar surface area (TPSA) is 79.5 Å². The maximum Gasteiger partial charge on any atom is 0.249 e. The quantitative estimate of drug-likeness (QED) is 0.912. The molecule has 1 saturated heterocycles. The lowest BCUT2D eigenvalue weighted by Crippen LogP contribution is -2.28. The van der Waals surface area contributed by atoms with Gasteiger partial charge in [0.05, 0.1) is 0 Å². The molecular formula is C13H24N4O2S2. The van der Waals surface area contributed by atoms with Gasteiger partial charge >= 0.3 is 0 Å². The van der Waals surface area contributed by atoms with Crippen molar-refractivity contribution in [2.24, 2.45) is 5.92 Å². The van der Waals surface area contributed by atoms with Gasteiger partial charge in [-0.15, -0.1) is 0 Å². The molecule has 1 aromatic rings. The smallest absolute Gasteiger partial charge is 0.249 e. The van der Waals surface area contributed by atoms with E-state index in [4.69, 9.17) is 5.73 Å². The second-order valence-electron chi connectivity index (χ2n) is 5.68. The number of rotatable bonds is 4. The monoisotopic (exact) mass is 332 g/mol. The zero-order valence-electron chi connectivity index (χ0n) is 12.9. The first kappa shape index (κ1) is 16.5. The zero-order valence-corrected chi connectivity index (χ0v) is 14.5. The fourth-order valence-electron chi connectivity index (χ4n) is 2.69.